The van der Waals surface area contributed by atoms with Crippen LogP contribution in [0.2, 0.25) is 0 Å². The van der Waals surface area contributed by atoms with E-state index in [4.69, 9.17) is 5.73 Å². The van der Waals surface area contributed by atoms with Crippen LogP contribution in [0.4, 0.5) is 15.8 Å². The Bertz CT molecular complexity index is 900. The number of nitrogens with two attached hydrogens (primary N) is 1. The minimum atomic E-state index is -0.245. The Morgan fingerprint density at radius 3 is 2.96 bits per heavy atom. The summed E-state index contributed by atoms with van der Waals surface area (Å²) in [6.07, 6.45) is 2.11. The first kappa shape index (κ1) is 15.0. The van der Waals surface area contributed by atoms with Gasteiger partial charge in [-0.1, -0.05) is 6.07 Å². The van der Waals surface area contributed by atoms with Crippen molar-refractivity contribution >= 4 is 22.4 Å². The molecule has 24 heavy (non-hydrogen) atoms. The summed E-state index contributed by atoms with van der Waals surface area (Å²) < 4.78 is 15.7. The summed E-state index contributed by atoms with van der Waals surface area (Å²) in [4.78, 5) is 7.02. The Labute approximate surface area is 140 Å². The highest BCUT2D eigenvalue weighted by Gasteiger charge is 2.21. The minimum absolute atomic E-state index is 0.245. The fraction of sp³-hybridized carbons (Fsp3) is 0.316. The van der Waals surface area contributed by atoms with Crippen molar-refractivity contribution in [3.05, 3.63) is 53.6 Å². The second-order valence-electron chi connectivity index (χ2n) is 6.28. The van der Waals surface area contributed by atoms with Crippen LogP contribution in [-0.4, -0.2) is 16.1 Å². The van der Waals surface area contributed by atoms with Crippen LogP contribution >= 0.6 is 0 Å². The number of halogens is 1. The Hall–Kier alpha value is -2.56. The smallest absolute Gasteiger partial charge is 0.129 e. The molecule has 0 saturated carbocycles. The maximum absolute atomic E-state index is 13.5. The van der Waals surface area contributed by atoms with Gasteiger partial charge >= 0.3 is 0 Å². The Morgan fingerprint density at radius 1 is 1.25 bits per heavy atom. The molecule has 0 amide bonds. The third-order valence-electron chi connectivity index (χ3n) is 4.82. The fourth-order valence-electron chi connectivity index (χ4n) is 3.69. The van der Waals surface area contributed by atoms with Gasteiger partial charge in [-0.3, -0.25) is 0 Å². The van der Waals surface area contributed by atoms with E-state index < -0.39 is 0 Å². The highest BCUT2D eigenvalue weighted by atomic mass is 19.1. The van der Waals surface area contributed by atoms with Crippen molar-refractivity contribution in [2.45, 2.75) is 32.9 Å². The van der Waals surface area contributed by atoms with E-state index in [1.165, 1.54) is 23.4 Å². The van der Waals surface area contributed by atoms with Crippen LogP contribution in [0.15, 0.2) is 36.4 Å². The normalized spacial score (nSPS) is 14.2. The SMILES string of the molecule is CCn1c(CN2CCCc3c(N)cccc32)nc2cc(F)ccc21. The molecule has 3 aromatic rings. The van der Waals surface area contributed by atoms with Gasteiger partial charge in [-0.05, 0) is 49.6 Å². The van der Waals surface area contributed by atoms with E-state index in [1.807, 2.05) is 18.2 Å². The zero-order chi connectivity index (χ0) is 16.7. The van der Waals surface area contributed by atoms with Crippen molar-refractivity contribution in [2.24, 2.45) is 0 Å². The van der Waals surface area contributed by atoms with Crippen LogP contribution in [-0.2, 0) is 19.5 Å². The largest absolute Gasteiger partial charge is 0.398 e. The number of anilines is 2. The van der Waals surface area contributed by atoms with E-state index in [2.05, 4.69) is 27.4 Å². The molecule has 0 atom stereocenters. The van der Waals surface area contributed by atoms with E-state index in [0.717, 1.165) is 48.5 Å². The summed E-state index contributed by atoms with van der Waals surface area (Å²) in [6.45, 7) is 4.60. The third kappa shape index (κ3) is 2.40. The second kappa shape index (κ2) is 5.82. The molecule has 0 spiro atoms. The van der Waals surface area contributed by atoms with Crippen molar-refractivity contribution in [3.8, 4) is 0 Å². The first-order valence-electron chi connectivity index (χ1n) is 8.44. The molecule has 4 nitrogen and oxygen atoms in total. The van der Waals surface area contributed by atoms with Gasteiger partial charge in [0.15, 0.2) is 0 Å². The molecule has 5 heteroatoms. The number of benzene rings is 2. The number of hydrogen-bond acceptors (Lipinski definition) is 3. The Morgan fingerprint density at radius 2 is 2.12 bits per heavy atom. The molecule has 0 radical (unpaired) electrons. The number of nitrogens with zero attached hydrogens (tertiary/aromatic N) is 3. The molecular weight excluding hydrogens is 303 g/mol. The highest BCUT2D eigenvalue weighted by molar-refractivity contribution is 5.76. The van der Waals surface area contributed by atoms with E-state index in [1.54, 1.807) is 0 Å². The van der Waals surface area contributed by atoms with Gasteiger partial charge in [-0.25, -0.2) is 9.37 Å². The van der Waals surface area contributed by atoms with Crippen LogP contribution in [0.1, 0.15) is 24.7 Å². The van der Waals surface area contributed by atoms with Crippen LogP contribution in [0.3, 0.4) is 0 Å². The van der Waals surface area contributed by atoms with E-state index >= 15 is 0 Å². The van der Waals surface area contributed by atoms with Gasteiger partial charge in [0.05, 0.1) is 17.6 Å². The van der Waals surface area contributed by atoms with Gasteiger partial charge in [0.1, 0.15) is 11.6 Å². The summed E-state index contributed by atoms with van der Waals surface area (Å²) in [5, 5.41) is 0. The molecule has 1 aliphatic heterocycles. The molecule has 4 rings (SSSR count). The molecule has 2 heterocycles. The molecule has 0 bridgehead atoms. The van der Waals surface area contributed by atoms with Crippen LogP contribution < -0.4 is 10.6 Å². The summed E-state index contributed by atoms with van der Waals surface area (Å²) in [5.74, 6) is 0.722. The first-order chi connectivity index (χ1) is 11.7. The van der Waals surface area contributed by atoms with Crippen LogP contribution in [0.5, 0.6) is 0 Å². The zero-order valence-corrected chi connectivity index (χ0v) is 13.8. The molecule has 1 aromatic heterocycles. The van der Waals surface area contributed by atoms with Crippen molar-refractivity contribution in [1.82, 2.24) is 9.55 Å². The molecule has 124 valence electrons. The number of imidazole rings is 1. The van der Waals surface area contributed by atoms with Crippen molar-refractivity contribution < 1.29 is 4.39 Å². The van der Waals surface area contributed by atoms with Gasteiger partial charge < -0.3 is 15.2 Å². The molecule has 0 aliphatic carbocycles. The lowest BCUT2D eigenvalue weighted by Crippen LogP contribution is -2.30. The van der Waals surface area contributed by atoms with Crippen LogP contribution in [0.25, 0.3) is 11.0 Å². The maximum Gasteiger partial charge on any atom is 0.129 e. The number of fused-ring (bicyclic) bond motifs is 2. The Kier molecular flexibility index (Phi) is 3.63. The molecule has 0 saturated heterocycles. The average molecular weight is 324 g/mol. The number of hydrogen-bond donors (Lipinski definition) is 1. The van der Waals surface area contributed by atoms with Crippen molar-refractivity contribution in [1.29, 1.82) is 0 Å². The summed E-state index contributed by atoms with van der Waals surface area (Å²) >= 11 is 0. The van der Waals surface area contributed by atoms with Gasteiger partial charge in [0.2, 0.25) is 0 Å². The van der Waals surface area contributed by atoms with E-state index in [-0.39, 0.29) is 5.82 Å². The maximum atomic E-state index is 13.5. The van der Waals surface area contributed by atoms with Gasteiger partial charge in [0.25, 0.3) is 0 Å². The lowest BCUT2D eigenvalue weighted by Gasteiger charge is -2.31. The third-order valence-corrected chi connectivity index (χ3v) is 4.82. The van der Waals surface area contributed by atoms with Crippen molar-refractivity contribution in [3.63, 3.8) is 0 Å². The number of aryl methyl sites for hydroxylation is 1. The van der Waals surface area contributed by atoms with E-state index in [9.17, 15) is 4.39 Å². The van der Waals surface area contributed by atoms with Gasteiger partial charge in [-0.2, -0.15) is 0 Å². The fourth-order valence-corrected chi connectivity index (χ4v) is 3.69. The Balaban J connectivity index is 1.74. The van der Waals surface area contributed by atoms with Gasteiger partial charge in [0, 0.05) is 30.5 Å². The topological polar surface area (TPSA) is 47.1 Å². The van der Waals surface area contributed by atoms with E-state index in [0.29, 0.717) is 6.54 Å². The monoisotopic (exact) mass is 324 g/mol. The summed E-state index contributed by atoms with van der Waals surface area (Å²) in [7, 11) is 0. The number of rotatable bonds is 3. The average Bonchev–Trinajstić information content (AvgIpc) is 2.92. The van der Waals surface area contributed by atoms with Crippen LogP contribution in [0, 0.1) is 5.82 Å². The lowest BCUT2D eigenvalue weighted by molar-refractivity contribution is 0.629. The predicted octanol–water partition coefficient (Wildman–Crippen LogP) is 3.73. The van der Waals surface area contributed by atoms with Gasteiger partial charge in [-0.15, -0.1) is 0 Å². The quantitative estimate of drug-likeness (QED) is 0.747. The second-order valence-corrected chi connectivity index (χ2v) is 6.28. The molecular formula is C19H21FN4. The lowest BCUT2D eigenvalue weighted by atomic mass is 10.00. The molecule has 0 unspecified atom stereocenters. The number of nitrogen functional groups attached to an aromatic ring is 1. The summed E-state index contributed by atoms with van der Waals surface area (Å²) in [6, 6.07) is 10.9. The zero-order valence-electron chi connectivity index (χ0n) is 13.8. The first-order valence-corrected chi connectivity index (χ1v) is 8.44. The summed E-state index contributed by atoms with van der Waals surface area (Å²) in [5.41, 5.74) is 11.1. The number of aromatic nitrogens is 2. The molecule has 0 fully saturated rings. The standard InChI is InChI=1S/C19H21FN4/c1-2-24-18-9-8-13(20)11-16(18)22-19(24)12-23-10-4-5-14-15(21)6-3-7-17(14)23/h3,6-9,11H,2,4-5,10,12,21H2,1H3. The minimum Gasteiger partial charge on any atom is -0.398 e. The highest BCUT2D eigenvalue weighted by Crippen LogP contribution is 2.32. The predicted molar refractivity (Wildman–Crippen MR) is 95.6 cm³/mol. The molecule has 1 aliphatic rings. The molecule has 2 aromatic carbocycles. The molecule has 2 N–H and O–H groups in total. The van der Waals surface area contributed by atoms with Crippen molar-refractivity contribution in [2.75, 3.05) is 17.2 Å².